The smallest absolute Gasteiger partial charge is 0.338 e. The molecule has 1 aliphatic heterocycles. The summed E-state index contributed by atoms with van der Waals surface area (Å²) in [5.41, 5.74) is 7.49. The number of esters is 1. The molecule has 1 atom stereocenters. The van der Waals surface area contributed by atoms with Crippen molar-refractivity contribution in [2.75, 3.05) is 20.3 Å². The molecule has 1 aromatic heterocycles. The fraction of sp³-hybridized carbons (Fsp3) is 0.267. The Morgan fingerprint density at radius 3 is 2.52 bits per heavy atom. The number of ether oxygens (including phenoxy) is 3. The number of carbonyl (C=O) groups is 3. The monoisotopic (exact) mass is 593 g/mol. The molecular weight excluding hydrogens is 562 g/mol. The van der Waals surface area contributed by atoms with E-state index >= 15 is 0 Å². The van der Waals surface area contributed by atoms with Crippen LogP contribution in [0.5, 0.6) is 11.5 Å². The highest BCUT2D eigenvalue weighted by Crippen LogP contribution is 2.34. The molecule has 11 nitrogen and oxygen atoms in total. The Kier molecular flexibility index (Phi) is 9.53. The zero-order valence-electron chi connectivity index (χ0n) is 23.9. The number of rotatable bonds is 10. The van der Waals surface area contributed by atoms with Crippen molar-refractivity contribution in [3.05, 3.63) is 87.3 Å². The Bertz CT molecular complexity index is 1560. The molecule has 0 spiro atoms. The van der Waals surface area contributed by atoms with E-state index in [4.69, 9.17) is 25.8 Å². The van der Waals surface area contributed by atoms with E-state index in [-0.39, 0.29) is 18.8 Å². The fourth-order valence-corrected chi connectivity index (χ4v) is 4.79. The molecule has 4 rings (SSSR count). The molecular formula is C30H32ClN5O6. The number of allylic oxidation sites excluding steroid dienone is 1. The lowest BCUT2D eigenvalue weighted by molar-refractivity contribution is -0.139. The lowest BCUT2D eigenvalue weighted by atomic mass is 9.95. The molecule has 0 aliphatic carbocycles. The molecule has 0 saturated heterocycles. The van der Waals surface area contributed by atoms with Gasteiger partial charge in [0.1, 0.15) is 0 Å². The van der Waals surface area contributed by atoms with Crippen LogP contribution in [0.3, 0.4) is 0 Å². The van der Waals surface area contributed by atoms with Gasteiger partial charge in [0, 0.05) is 33.4 Å². The summed E-state index contributed by atoms with van der Waals surface area (Å²) in [6.45, 7) is 7.15. The van der Waals surface area contributed by atoms with E-state index in [0.717, 1.165) is 22.6 Å². The van der Waals surface area contributed by atoms with Crippen LogP contribution in [0.25, 0.3) is 5.69 Å². The van der Waals surface area contributed by atoms with Gasteiger partial charge in [-0.3, -0.25) is 4.79 Å². The number of urea groups is 1. The highest BCUT2D eigenvalue weighted by atomic mass is 35.5. The second-order valence-electron chi connectivity index (χ2n) is 9.42. The van der Waals surface area contributed by atoms with Gasteiger partial charge in [0.15, 0.2) is 18.1 Å². The predicted molar refractivity (Wildman–Crippen MR) is 158 cm³/mol. The van der Waals surface area contributed by atoms with Crippen molar-refractivity contribution in [1.29, 1.82) is 0 Å². The lowest BCUT2D eigenvalue weighted by Gasteiger charge is -2.28. The molecule has 0 bridgehead atoms. The van der Waals surface area contributed by atoms with Gasteiger partial charge in [0.25, 0.3) is 5.91 Å². The highest BCUT2D eigenvalue weighted by Gasteiger charge is 2.32. The number of methoxy groups -OCH3 is 1. The first-order chi connectivity index (χ1) is 20.1. The molecule has 3 N–H and O–H groups in total. The van der Waals surface area contributed by atoms with Crippen molar-refractivity contribution >= 4 is 35.7 Å². The molecule has 0 fully saturated rings. The Morgan fingerprint density at radius 2 is 1.83 bits per heavy atom. The van der Waals surface area contributed by atoms with Gasteiger partial charge < -0.3 is 29.4 Å². The van der Waals surface area contributed by atoms with Crippen LogP contribution in [0.2, 0.25) is 5.02 Å². The molecule has 12 heteroatoms. The topological polar surface area (TPSA) is 132 Å². The third-order valence-electron chi connectivity index (χ3n) is 6.59. The zero-order chi connectivity index (χ0) is 30.4. The van der Waals surface area contributed by atoms with E-state index < -0.39 is 23.9 Å². The van der Waals surface area contributed by atoms with E-state index in [1.165, 1.54) is 7.11 Å². The number of aromatic nitrogens is 1. The fourth-order valence-electron chi connectivity index (χ4n) is 4.66. The lowest BCUT2D eigenvalue weighted by Crippen LogP contribution is -2.45. The van der Waals surface area contributed by atoms with Crippen molar-refractivity contribution in [3.8, 4) is 17.2 Å². The maximum absolute atomic E-state index is 12.6. The first-order valence-electron chi connectivity index (χ1n) is 13.2. The number of hydrogen-bond donors (Lipinski definition) is 3. The molecule has 42 heavy (non-hydrogen) atoms. The summed E-state index contributed by atoms with van der Waals surface area (Å²) in [4.78, 5) is 37.2. The molecule has 0 radical (unpaired) electrons. The van der Waals surface area contributed by atoms with Crippen LogP contribution in [-0.4, -0.2) is 49.0 Å². The molecule has 220 valence electrons. The average Bonchev–Trinajstić information content (AvgIpc) is 3.24. The van der Waals surface area contributed by atoms with E-state index in [2.05, 4.69) is 25.7 Å². The van der Waals surface area contributed by atoms with Crippen LogP contribution in [0, 0.1) is 13.8 Å². The third-order valence-corrected chi connectivity index (χ3v) is 6.84. The number of carbonyl (C=O) groups excluding carboxylic acids is 3. The quantitative estimate of drug-likeness (QED) is 0.180. The summed E-state index contributed by atoms with van der Waals surface area (Å²) in [7, 11) is 1.45. The highest BCUT2D eigenvalue weighted by molar-refractivity contribution is 6.30. The van der Waals surface area contributed by atoms with Crippen molar-refractivity contribution in [1.82, 2.24) is 20.6 Å². The second-order valence-corrected chi connectivity index (χ2v) is 9.86. The van der Waals surface area contributed by atoms with E-state index in [0.29, 0.717) is 27.8 Å². The standard InChI is InChI=1S/C30H32ClN5O6/c1-6-41-29(38)27-18(3)33-30(39)34-28(27)20-7-12-24(25(14-20)40-5)42-16-26(37)35-32-15-21-13-17(2)36(19(21)4)23-10-8-22(31)9-11-23/h7-15,28H,6,16H2,1-5H3,(H,35,37)(H2,33,34,39)/b32-15-/t28-/m0/s1. The molecule has 2 aromatic carbocycles. The van der Waals surface area contributed by atoms with Gasteiger partial charge in [0.05, 0.1) is 31.5 Å². The normalized spacial score (nSPS) is 14.8. The van der Waals surface area contributed by atoms with Gasteiger partial charge in [-0.15, -0.1) is 0 Å². The van der Waals surface area contributed by atoms with E-state index in [1.807, 2.05) is 44.2 Å². The number of amides is 3. The van der Waals surface area contributed by atoms with Crippen LogP contribution < -0.4 is 25.5 Å². The van der Waals surface area contributed by atoms with Crippen LogP contribution in [0.4, 0.5) is 4.79 Å². The number of benzene rings is 2. The van der Waals surface area contributed by atoms with Crippen molar-refractivity contribution in [3.63, 3.8) is 0 Å². The maximum Gasteiger partial charge on any atom is 0.338 e. The second kappa shape index (κ2) is 13.3. The van der Waals surface area contributed by atoms with Crippen LogP contribution in [0.15, 0.2) is 64.9 Å². The van der Waals surface area contributed by atoms with Gasteiger partial charge in [-0.05, 0) is 75.7 Å². The summed E-state index contributed by atoms with van der Waals surface area (Å²) >= 11 is 6.02. The minimum atomic E-state index is -0.764. The van der Waals surface area contributed by atoms with Crippen LogP contribution in [-0.2, 0) is 14.3 Å². The molecule has 2 heterocycles. The minimum Gasteiger partial charge on any atom is -0.493 e. The molecule has 1 aliphatic rings. The molecule has 3 aromatic rings. The Labute approximate surface area is 248 Å². The van der Waals surface area contributed by atoms with E-state index in [9.17, 15) is 14.4 Å². The number of nitrogens with zero attached hydrogens (tertiary/aromatic N) is 2. The first kappa shape index (κ1) is 30.2. The van der Waals surface area contributed by atoms with Crippen molar-refractivity contribution in [2.24, 2.45) is 5.10 Å². The zero-order valence-corrected chi connectivity index (χ0v) is 24.7. The van der Waals surface area contributed by atoms with Crippen LogP contribution in [0.1, 0.15) is 42.4 Å². The maximum atomic E-state index is 12.6. The Morgan fingerprint density at radius 1 is 1.10 bits per heavy atom. The largest absolute Gasteiger partial charge is 0.493 e. The summed E-state index contributed by atoms with van der Waals surface area (Å²) in [5, 5.41) is 10.1. The molecule has 3 amide bonds. The number of hydrogen-bond acceptors (Lipinski definition) is 7. The number of hydrazone groups is 1. The summed E-state index contributed by atoms with van der Waals surface area (Å²) in [6, 6.07) is 13.2. The van der Waals surface area contributed by atoms with Gasteiger partial charge in [0.2, 0.25) is 0 Å². The minimum absolute atomic E-state index is 0.188. The summed E-state index contributed by atoms with van der Waals surface area (Å²) in [5.74, 6) is -0.411. The summed E-state index contributed by atoms with van der Waals surface area (Å²) in [6.07, 6.45) is 1.58. The van der Waals surface area contributed by atoms with Crippen molar-refractivity contribution < 1.29 is 28.6 Å². The average molecular weight is 594 g/mol. The Hall–Kier alpha value is -4.77. The SMILES string of the molecule is CCOC(=O)C1=C(C)NC(=O)N[C@H]1c1ccc(OCC(=O)N/N=C\c2cc(C)n(-c3ccc(Cl)cc3)c2C)c(OC)c1. The number of halogens is 1. The predicted octanol–water partition coefficient (Wildman–Crippen LogP) is 4.48. The number of nitrogens with one attached hydrogen (secondary N) is 3. The summed E-state index contributed by atoms with van der Waals surface area (Å²) < 4.78 is 18.4. The van der Waals surface area contributed by atoms with Gasteiger partial charge >= 0.3 is 12.0 Å². The van der Waals surface area contributed by atoms with Gasteiger partial charge in [-0.25, -0.2) is 15.0 Å². The third kappa shape index (κ3) is 6.74. The van der Waals surface area contributed by atoms with Crippen molar-refractivity contribution in [2.45, 2.75) is 33.7 Å². The molecule has 0 unspecified atom stereocenters. The van der Waals surface area contributed by atoms with Crippen LogP contribution >= 0.6 is 11.6 Å². The van der Waals surface area contributed by atoms with Gasteiger partial charge in [-0.1, -0.05) is 17.7 Å². The Balaban J connectivity index is 1.41. The molecule has 0 saturated carbocycles. The first-order valence-corrected chi connectivity index (χ1v) is 13.5. The van der Waals surface area contributed by atoms with Gasteiger partial charge in [-0.2, -0.15) is 5.10 Å². The number of aryl methyl sites for hydroxylation is 1. The van der Waals surface area contributed by atoms with E-state index in [1.54, 1.807) is 38.3 Å².